The van der Waals surface area contributed by atoms with E-state index in [1.807, 2.05) is 25.1 Å². The van der Waals surface area contributed by atoms with Crippen LogP contribution in [0.3, 0.4) is 0 Å². The number of carbonyl (C=O) groups excluding carboxylic acids is 1. The van der Waals surface area contributed by atoms with Crippen LogP contribution < -0.4 is 11.1 Å². The standard InChI is InChI=1S/C16H24N2O2/c1-11(13-6-4-3-5-7-13)12(2)18-16(19)15-9-8-14(10-17)20-15/h3-7,11-12,14-15H,8-10,17H2,1-2H3,(H,18,19)/t11?,12?,14-,15+/m1/s1. The van der Waals surface area contributed by atoms with Crippen molar-refractivity contribution >= 4 is 5.91 Å². The first-order valence-electron chi connectivity index (χ1n) is 7.32. The Bertz CT molecular complexity index is 435. The van der Waals surface area contributed by atoms with E-state index in [1.165, 1.54) is 5.56 Å². The van der Waals surface area contributed by atoms with Crippen LogP contribution in [-0.4, -0.2) is 30.7 Å². The third-order valence-electron chi connectivity index (χ3n) is 4.11. The third-order valence-corrected chi connectivity index (χ3v) is 4.11. The topological polar surface area (TPSA) is 64.4 Å². The first kappa shape index (κ1) is 15.0. The van der Waals surface area contributed by atoms with Crippen LogP contribution in [0.2, 0.25) is 0 Å². The molecular formula is C16H24N2O2. The van der Waals surface area contributed by atoms with Gasteiger partial charge in [-0.15, -0.1) is 0 Å². The number of nitrogens with one attached hydrogen (secondary N) is 1. The van der Waals surface area contributed by atoms with Gasteiger partial charge in [0.15, 0.2) is 0 Å². The Hall–Kier alpha value is -1.39. The highest BCUT2D eigenvalue weighted by Gasteiger charge is 2.31. The highest BCUT2D eigenvalue weighted by atomic mass is 16.5. The molecule has 1 aliphatic rings. The van der Waals surface area contributed by atoms with E-state index in [0.717, 1.165) is 12.8 Å². The molecule has 1 aromatic carbocycles. The van der Waals surface area contributed by atoms with Gasteiger partial charge in [0.25, 0.3) is 0 Å². The smallest absolute Gasteiger partial charge is 0.249 e. The Morgan fingerprint density at radius 1 is 1.35 bits per heavy atom. The molecule has 1 aromatic rings. The molecule has 0 bridgehead atoms. The van der Waals surface area contributed by atoms with Gasteiger partial charge in [0, 0.05) is 18.5 Å². The fourth-order valence-corrected chi connectivity index (χ4v) is 2.56. The molecule has 1 heterocycles. The molecule has 0 aromatic heterocycles. The molecule has 3 N–H and O–H groups in total. The molecule has 1 amide bonds. The molecule has 2 unspecified atom stereocenters. The Balaban J connectivity index is 1.88. The lowest BCUT2D eigenvalue weighted by Gasteiger charge is -2.23. The summed E-state index contributed by atoms with van der Waals surface area (Å²) >= 11 is 0. The predicted octanol–water partition coefficient (Wildman–Crippen LogP) is 1.80. The van der Waals surface area contributed by atoms with Crippen molar-refractivity contribution in [2.24, 2.45) is 5.73 Å². The van der Waals surface area contributed by atoms with E-state index >= 15 is 0 Å². The second-order valence-electron chi connectivity index (χ2n) is 5.56. The van der Waals surface area contributed by atoms with Crippen molar-refractivity contribution in [1.29, 1.82) is 0 Å². The SMILES string of the molecule is CC(NC(=O)[C@@H]1CC[C@H](CN)O1)C(C)c1ccccc1. The van der Waals surface area contributed by atoms with E-state index in [4.69, 9.17) is 10.5 Å². The molecule has 1 saturated heterocycles. The Labute approximate surface area is 120 Å². The molecule has 0 spiro atoms. The van der Waals surface area contributed by atoms with E-state index in [0.29, 0.717) is 6.54 Å². The number of nitrogens with two attached hydrogens (primary N) is 1. The van der Waals surface area contributed by atoms with Gasteiger partial charge in [-0.1, -0.05) is 37.3 Å². The Morgan fingerprint density at radius 3 is 2.65 bits per heavy atom. The molecule has 0 radical (unpaired) electrons. The van der Waals surface area contributed by atoms with Gasteiger partial charge in [0.05, 0.1) is 6.10 Å². The largest absolute Gasteiger partial charge is 0.364 e. The molecule has 4 atom stereocenters. The number of rotatable bonds is 5. The fourth-order valence-electron chi connectivity index (χ4n) is 2.56. The summed E-state index contributed by atoms with van der Waals surface area (Å²) in [5, 5.41) is 3.06. The molecule has 0 saturated carbocycles. The summed E-state index contributed by atoms with van der Waals surface area (Å²) in [7, 11) is 0. The lowest BCUT2D eigenvalue weighted by molar-refractivity contribution is -0.132. The zero-order chi connectivity index (χ0) is 14.5. The van der Waals surface area contributed by atoms with Gasteiger partial charge < -0.3 is 15.8 Å². The number of carbonyl (C=O) groups is 1. The molecule has 1 aliphatic heterocycles. The average Bonchev–Trinajstić information content (AvgIpc) is 2.96. The zero-order valence-corrected chi connectivity index (χ0v) is 12.2. The van der Waals surface area contributed by atoms with Crippen LogP contribution >= 0.6 is 0 Å². The third kappa shape index (κ3) is 3.58. The number of amides is 1. The minimum absolute atomic E-state index is 0.0174. The van der Waals surface area contributed by atoms with Gasteiger partial charge in [-0.05, 0) is 25.3 Å². The van der Waals surface area contributed by atoms with Crippen LogP contribution in [0, 0.1) is 0 Å². The number of hydrogen-bond donors (Lipinski definition) is 2. The second-order valence-corrected chi connectivity index (χ2v) is 5.56. The van der Waals surface area contributed by atoms with Crippen molar-refractivity contribution in [1.82, 2.24) is 5.32 Å². The molecular weight excluding hydrogens is 252 g/mol. The summed E-state index contributed by atoms with van der Waals surface area (Å²) in [6.07, 6.45) is 1.33. The Morgan fingerprint density at radius 2 is 2.05 bits per heavy atom. The minimum atomic E-state index is -0.339. The number of benzene rings is 1. The van der Waals surface area contributed by atoms with Gasteiger partial charge in [-0.25, -0.2) is 0 Å². The van der Waals surface area contributed by atoms with E-state index in [-0.39, 0.29) is 30.1 Å². The van der Waals surface area contributed by atoms with Crippen LogP contribution in [-0.2, 0) is 9.53 Å². The van der Waals surface area contributed by atoms with Crippen LogP contribution in [0.1, 0.15) is 38.2 Å². The summed E-state index contributed by atoms with van der Waals surface area (Å²) in [6, 6.07) is 10.3. The van der Waals surface area contributed by atoms with Crippen molar-refractivity contribution in [2.75, 3.05) is 6.54 Å². The molecule has 4 heteroatoms. The summed E-state index contributed by atoms with van der Waals surface area (Å²) in [6.45, 7) is 4.64. The van der Waals surface area contributed by atoms with Gasteiger partial charge in [0.1, 0.15) is 6.10 Å². The average molecular weight is 276 g/mol. The molecule has 4 nitrogen and oxygen atoms in total. The van der Waals surface area contributed by atoms with E-state index in [9.17, 15) is 4.79 Å². The summed E-state index contributed by atoms with van der Waals surface area (Å²) in [5.41, 5.74) is 6.79. The fraction of sp³-hybridized carbons (Fsp3) is 0.562. The van der Waals surface area contributed by atoms with Gasteiger partial charge >= 0.3 is 0 Å². The van der Waals surface area contributed by atoms with Crippen molar-refractivity contribution in [3.8, 4) is 0 Å². The first-order valence-corrected chi connectivity index (χ1v) is 7.32. The normalized spacial score (nSPS) is 25.1. The maximum atomic E-state index is 12.2. The summed E-state index contributed by atoms with van der Waals surface area (Å²) in [5.74, 6) is 0.253. The van der Waals surface area contributed by atoms with Crippen molar-refractivity contribution in [3.63, 3.8) is 0 Å². The maximum absolute atomic E-state index is 12.2. The molecule has 2 rings (SSSR count). The summed E-state index contributed by atoms with van der Waals surface area (Å²) < 4.78 is 5.62. The minimum Gasteiger partial charge on any atom is -0.364 e. The highest BCUT2D eigenvalue weighted by Crippen LogP contribution is 2.21. The van der Waals surface area contributed by atoms with Crippen molar-refractivity contribution in [3.05, 3.63) is 35.9 Å². The first-order chi connectivity index (χ1) is 9.61. The highest BCUT2D eigenvalue weighted by molar-refractivity contribution is 5.81. The molecule has 1 fully saturated rings. The number of hydrogen-bond acceptors (Lipinski definition) is 3. The van der Waals surface area contributed by atoms with Crippen molar-refractivity contribution in [2.45, 2.75) is 50.9 Å². The number of ether oxygens (including phenoxy) is 1. The van der Waals surface area contributed by atoms with Gasteiger partial charge in [-0.2, -0.15) is 0 Å². The van der Waals surface area contributed by atoms with Crippen LogP contribution in [0.15, 0.2) is 30.3 Å². The lowest BCUT2D eigenvalue weighted by Crippen LogP contribution is -2.42. The van der Waals surface area contributed by atoms with Crippen LogP contribution in [0.5, 0.6) is 0 Å². The monoisotopic (exact) mass is 276 g/mol. The quantitative estimate of drug-likeness (QED) is 0.862. The Kier molecular flexibility index (Phi) is 5.15. The predicted molar refractivity (Wildman–Crippen MR) is 79.4 cm³/mol. The molecule has 0 aliphatic carbocycles. The van der Waals surface area contributed by atoms with Gasteiger partial charge in [-0.3, -0.25) is 4.79 Å². The molecule has 110 valence electrons. The second kappa shape index (κ2) is 6.86. The zero-order valence-electron chi connectivity index (χ0n) is 12.2. The van der Waals surface area contributed by atoms with E-state index in [2.05, 4.69) is 24.4 Å². The molecule has 20 heavy (non-hydrogen) atoms. The van der Waals surface area contributed by atoms with Crippen LogP contribution in [0.4, 0.5) is 0 Å². The summed E-state index contributed by atoms with van der Waals surface area (Å²) in [4.78, 5) is 12.2. The van der Waals surface area contributed by atoms with Crippen molar-refractivity contribution < 1.29 is 9.53 Å². The maximum Gasteiger partial charge on any atom is 0.249 e. The lowest BCUT2D eigenvalue weighted by atomic mass is 9.94. The van der Waals surface area contributed by atoms with Gasteiger partial charge in [0.2, 0.25) is 5.91 Å². The van der Waals surface area contributed by atoms with E-state index in [1.54, 1.807) is 0 Å². The van der Waals surface area contributed by atoms with E-state index < -0.39 is 0 Å². The van der Waals surface area contributed by atoms with Crippen LogP contribution in [0.25, 0.3) is 0 Å².